The minimum absolute atomic E-state index is 0.0487. The van der Waals surface area contributed by atoms with E-state index in [-0.39, 0.29) is 11.9 Å². The van der Waals surface area contributed by atoms with Crippen LogP contribution in [0.3, 0.4) is 0 Å². The summed E-state index contributed by atoms with van der Waals surface area (Å²) in [7, 11) is 0. The van der Waals surface area contributed by atoms with Crippen molar-refractivity contribution < 1.29 is 4.79 Å². The lowest BCUT2D eigenvalue weighted by molar-refractivity contribution is 0.0936. The van der Waals surface area contributed by atoms with Crippen LogP contribution in [0.25, 0.3) is 0 Å². The highest BCUT2D eigenvalue weighted by Crippen LogP contribution is 2.31. The Bertz CT molecular complexity index is 607. The maximum atomic E-state index is 12.1. The summed E-state index contributed by atoms with van der Waals surface area (Å²) in [6, 6.07) is 10.2. The number of hydrogen-bond acceptors (Lipinski definition) is 2. The maximum absolute atomic E-state index is 12.1. The molecule has 1 atom stereocenters. The van der Waals surface area contributed by atoms with Gasteiger partial charge < -0.3 is 5.32 Å². The van der Waals surface area contributed by atoms with Crippen LogP contribution in [0, 0.1) is 6.92 Å². The van der Waals surface area contributed by atoms with Crippen molar-refractivity contribution >= 4 is 5.91 Å². The minimum atomic E-state index is -0.0487. The molecule has 0 saturated carbocycles. The third kappa shape index (κ3) is 2.36. The number of carbonyl (C=O) groups excluding carboxylic acids is 1. The molecular weight excluding hydrogens is 236 g/mol. The smallest absolute Gasteiger partial charge is 0.253 e. The van der Waals surface area contributed by atoms with Crippen LogP contribution in [0.2, 0.25) is 0 Å². The first-order valence-electron chi connectivity index (χ1n) is 6.54. The van der Waals surface area contributed by atoms with Crippen molar-refractivity contribution in [3.05, 3.63) is 65.0 Å². The van der Waals surface area contributed by atoms with Crippen LogP contribution in [-0.2, 0) is 6.42 Å². The van der Waals surface area contributed by atoms with Crippen molar-refractivity contribution in [1.82, 2.24) is 10.3 Å². The van der Waals surface area contributed by atoms with Gasteiger partial charge in [0.25, 0.3) is 5.91 Å². The van der Waals surface area contributed by atoms with Crippen LogP contribution >= 0.6 is 0 Å². The first-order valence-corrected chi connectivity index (χ1v) is 6.54. The first kappa shape index (κ1) is 11.9. The average Bonchev–Trinajstić information content (AvgIpc) is 2.82. The molecule has 19 heavy (non-hydrogen) atoms. The molecule has 1 aromatic heterocycles. The summed E-state index contributed by atoms with van der Waals surface area (Å²) in [5.41, 5.74) is 4.46. The second-order valence-electron chi connectivity index (χ2n) is 5.01. The fraction of sp³-hybridized carbons (Fsp3) is 0.250. The van der Waals surface area contributed by atoms with Crippen LogP contribution in [-0.4, -0.2) is 10.9 Å². The molecule has 96 valence electrons. The summed E-state index contributed by atoms with van der Waals surface area (Å²) in [6.07, 6.45) is 5.28. The molecule has 1 aliphatic rings. The van der Waals surface area contributed by atoms with Gasteiger partial charge >= 0.3 is 0 Å². The third-order valence-electron chi connectivity index (χ3n) is 3.61. The van der Waals surface area contributed by atoms with Gasteiger partial charge in [-0.2, -0.15) is 0 Å². The predicted molar refractivity (Wildman–Crippen MR) is 73.9 cm³/mol. The molecule has 2 aromatic rings. The van der Waals surface area contributed by atoms with Gasteiger partial charge in [0.2, 0.25) is 0 Å². The van der Waals surface area contributed by atoms with Gasteiger partial charge in [-0.3, -0.25) is 9.78 Å². The lowest BCUT2D eigenvalue weighted by atomic mass is 10.0. The summed E-state index contributed by atoms with van der Waals surface area (Å²) in [6.45, 7) is 2.08. The number of benzene rings is 1. The van der Waals surface area contributed by atoms with Crippen LogP contribution in [0.5, 0.6) is 0 Å². The quantitative estimate of drug-likeness (QED) is 0.893. The van der Waals surface area contributed by atoms with E-state index in [1.54, 1.807) is 24.5 Å². The van der Waals surface area contributed by atoms with Gasteiger partial charge in [0.15, 0.2) is 0 Å². The largest absolute Gasteiger partial charge is 0.345 e. The van der Waals surface area contributed by atoms with Crippen molar-refractivity contribution in [2.45, 2.75) is 25.8 Å². The molecule has 0 spiro atoms. The molecule has 1 aliphatic carbocycles. The Balaban J connectivity index is 1.80. The molecule has 0 fully saturated rings. The van der Waals surface area contributed by atoms with E-state index in [4.69, 9.17) is 0 Å². The Kier molecular flexibility index (Phi) is 3.03. The summed E-state index contributed by atoms with van der Waals surface area (Å²) >= 11 is 0. The number of nitrogens with one attached hydrogen (secondary N) is 1. The zero-order valence-electron chi connectivity index (χ0n) is 10.9. The lowest BCUT2D eigenvalue weighted by Gasteiger charge is -2.14. The van der Waals surface area contributed by atoms with Crippen LogP contribution in [0.15, 0.2) is 42.7 Å². The Hall–Kier alpha value is -2.16. The van der Waals surface area contributed by atoms with Crippen LogP contribution in [0.4, 0.5) is 0 Å². The van der Waals surface area contributed by atoms with Gasteiger partial charge in [-0.25, -0.2) is 0 Å². The zero-order valence-corrected chi connectivity index (χ0v) is 10.9. The van der Waals surface area contributed by atoms with Gasteiger partial charge in [-0.05, 0) is 43.0 Å². The molecule has 0 saturated heterocycles. The fourth-order valence-electron chi connectivity index (χ4n) is 2.61. The van der Waals surface area contributed by atoms with E-state index in [0.717, 1.165) is 12.8 Å². The second kappa shape index (κ2) is 4.84. The number of hydrogen-bond donors (Lipinski definition) is 1. The van der Waals surface area contributed by atoms with Gasteiger partial charge in [0.05, 0.1) is 11.6 Å². The molecule has 3 nitrogen and oxygen atoms in total. The molecule has 0 radical (unpaired) electrons. The molecule has 0 unspecified atom stereocenters. The molecule has 3 heteroatoms. The highest BCUT2D eigenvalue weighted by Gasteiger charge is 2.24. The molecule has 1 amide bonds. The Morgan fingerprint density at radius 2 is 2.26 bits per heavy atom. The number of aromatic nitrogens is 1. The molecule has 1 N–H and O–H groups in total. The second-order valence-corrected chi connectivity index (χ2v) is 5.01. The van der Waals surface area contributed by atoms with Gasteiger partial charge in [0.1, 0.15) is 0 Å². The maximum Gasteiger partial charge on any atom is 0.253 e. The normalized spacial score (nSPS) is 17.0. The van der Waals surface area contributed by atoms with Gasteiger partial charge in [-0.1, -0.05) is 23.8 Å². The van der Waals surface area contributed by atoms with Crippen molar-refractivity contribution in [3.63, 3.8) is 0 Å². The SMILES string of the molecule is Cc1ccc2c(c1)[C@H](NC(=O)c1cccnc1)CC2. The van der Waals surface area contributed by atoms with E-state index in [1.165, 1.54) is 16.7 Å². The monoisotopic (exact) mass is 252 g/mol. The van der Waals surface area contributed by atoms with Crippen molar-refractivity contribution in [2.24, 2.45) is 0 Å². The number of pyridine rings is 1. The van der Waals surface area contributed by atoms with E-state index in [1.807, 2.05) is 0 Å². The van der Waals surface area contributed by atoms with E-state index in [2.05, 4.69) is 35.4 Å². The molecule has 1 heterocycles. The van der Waals surface area contributed by atoms with E-state index >= 15 is 0 Å². The first-order chi connectivity index (χ1) is 9.24. The Morgan fingerprint density at radius 3 is 3.05 bits per heavy atom. The Labute approximate surface area is 112 Å². The number of rotatable bonds is 2. The van der Waals surface area contributed by atoms with Gasteiger partial charge in [-0.15, -0.1) is 0 Å². The highest BCUT2D eigenvalue weighted by atomic mass is 16.1. The average molecular weight is 252 g/mol. The third-order valence-corrected chi connectivity index (χ3v) is 3.61. The van der Waals surface area contributed by atoms with Crippen LogP contribution < -0.4 is 5.32 Å². The van der Waals surface area contributed by atoms with Crippen molar-refractivity contribution in [1.29, 1.82) is 0 Å². The van der Waals surface area contributed by atoms with Crippen LogP contribution in [0.1, 0.15) is 39.5 Å². The fourth-order valence-corrected chi connectivity index (χ4v) is 2.61. The number of amides is 1. The summed E-state index contributed by atoms with van der Waals surface area (Å²) in [5, 5.41) is 3.10. The summed E-state index contributed by atoms with van der Waals surface area (Å²) < 4.78 is 0. The number of fused-ring (bicyclic) bond motifs is 1. The number of carbonyl (C=O) groups is 1. The zero-order chi connectivity index (χ0) is 13.2. The van der Waals surface area contributed by atoms with E-state index in [0.29, 0.717) is 5.56 Å². The molecule has 0 bridgehead atoms. The standard InChI is InChI=1S/C16H16N2O/c1-11-4-5-12-6-7-15(14(12)9-11)18-16(19)13-3-2-8-17-10-13/h2-5,8-10,15H,6-7H2,1H3,(H,18,19)/t15-/m1/s1. The van der Waals surface area contributed by atoms with Crippen molar-refractivity contribution in [2.75, 3.05) is 0 Å². The lowest BCUT2D eigenvalue weighted by Crippen LogP contribution is -2.27. The van der Waals surface area contributed by atoms with Crippen molar-refractivity contribution in [3.8, 4) is 0 Å². The van der Waals surface area contributed by atoms with E-state index < -0.39 is 0 Å². The van der Waals surface area contributed by atoms with E-state index in [9.17, 15) is 4.79 Å². The number of nitrogens with zero attached hydrogens (tertiary/aromatic N) is 1. The van der Waals surface area contributed by atoms with Gasteiger partial charge in [0, 0.05) is 12.4 Å². The Morgan fingerprint density at radius 1 is 1.37 bits per heavy atom. The summed E-state index contributed by atoms with van der Waals surface area (Å²) in [5.74, 6) is -0.0487. The number of aryl methyl sites for hydroxylation is 2. The minimum Gasteiger partial charge on any atom is -0.345 e. The summed E-state index contributed by atoms with van der Waals surface area (Å²) in [4.78, 5) is 16.1. The molecule has 0 aliphatic heterocycles. The topological polar surface area (TPSA) is 42.0 Å². The molecular formula is C16H16N2O. The highest BCUT2D eigenvalue weighted by molar-refractivity contribution is 5.94. The predicted octanol–water partition coefficient (Wildman–Crippen LogP) is 2.81. The molecule has 1 aromatic carbocycles. The molecule has 3 rings (SSSR count).